The van der Waals surface area contributed by atoms with Gasteiger partial charge in [-0.15, -0.1) is 0 Å². The molecule has 0 saturated heterocycles. The third-order valence-electron chi connectivity index (χ3n) is 6.52. The molecule has 0 fully saturated rings. The summed E-state index contributed by atoms with van der Waals surface area (Å²) in [5.41, 5.74) is 5.74. The molecule has 180 valence electrons. The van der Waals surface area contributed by atoms with Crippen LogP contribution in [-0.2, 0) is 12.8 Å². The molecule has 0 amide bonds. The van der Waals surface area contributed by atoms with Gasteiger partial charge in [-0.05, 0) is 59.9 Å². The van der Waals surface area contributed by atoms with E-state index < -0.39 is 11.7 Å². The second-order valence-electron chi connectivity index (χ2n) is 8.79. The van der Waals surface area contributed by atoms with Crippen LogP contribution in [0.5, 0.6) is 5.75 Å². The Balaban J connectivity index is 1.64. The molecule has 2 nitrogen and oxygen atoms in total. The Morgan fingerprint density at radius 1 is 0.778 bits per heavy atom. The molecule has 1 aromatic heterocycles. The number of aryl methyl sites for hydroxylation is 1. The lowest BCUT2D eigenvalue weighted by Gasteiger charge is -2.17. The molecule has 0 saturated carbocycles. The molecule has 4 aromatic carbocycles. The first-order valence-electron chi connectivity index (χ1n) is 11.7. The Morgan fingerprint density at radius 2 is 1.50 bits per heavy atom. The normalized spacial score (nSPS) is 11.6. The fraction of sp³-hybridized carbons (Fsp3) is 0.129. The van der Waals surface area contributed by atoms with E-state index in [1.807, 2.05) is 66.7 Å². The van der Waals surface area contributed by atoms with E-state index in [2.05, 4.69) is 24.9 Å². The molecular weight excluding hydrogens is 459 g/mol. The summed E-state index contributed by atoms with van der Waals surface area (Å²) in [5, 5.41) is 0.442. The number of fused-ring (bicyclic) bond motifs is 1. The summed E-state index contributed by atoms with van der Waals surface area (Å²) >= 11 is 0. The molecule has 5 heteroatoms. The summed E-state index contributed by atoms with van der Waals surface area (Å²) in [4.78, 5) is 4.28. The van der Waals surface area contributed by atoms with Crippen molar-refractivity contribution in [3.8, 4) is 28.0 Å². The highest BCUT2D eigenvalue weighted by Crippen LogP contribution is 2.42. The van der Waals surface area contributed by atoms with E-state index in [-0.39, 0.29) is 5.52 Å². The lowest BCUT2D eigenvalue weighted by atomic mass is 9.91. The molecule has 36 heavy (non-hydrogen) atoms. The number of para-hydroxylation sites is 1. The molecule has 0 bridgehead atoms. The predicted octanol–water partition coefficient (Wildman–Crippen LogP) is 8.78. The van der Waals surface area contributed by atoms with Crippen molar-refractivity contribution < 1.29 is 17.9 Å². The van der Waals surface area contributed by atoms with Crippen molar-refractivity contribution in [2.45, 2.75) is 26.6 Å². The van der Waals surface area contributed by atoms with Crippen LogP contribution in [0.3, 0.4) is 0 Å². The van der Waals surface area contributed by atoms with Crippen LogP contribution in [0, 0.1) is 13.8 Å². The van der Waals surface area contributed by atoms with Crippen LogP contribution >= 0.6 is 0 Å². The predicted molar refractivity (Wildman–Crippen MR) is 138 cm³/mol. The standard InChI is InChI=1S/C31H24F3NO/c1-20-9-6-13-24(21(20)2)19-36-25-14-7-12-23(17-25)29-26-15-8-16-28(31(32,33)34)30(26)35-18-27(29)22-10-4-3-5-11-22/h3-18H,19H2,1-2H3. The monoisotopic (exact) mass is 483 g/mol. The van der Waals surface area contributed by atoms with E-state index in [9.17, 15) is 13.2 Å². The van der Waals surface area contributed by atoms with Crippen LogP contribution in [0.4, 0.5) is 13.2 Å². The van der Waals surface area contributed by atoms with Gasteiger partial charge in [0.1, 0.15) is 12.4 Å². The molecule has 0 N–H and O–H groups in total. The highest BCUT2D eigenvalue weighted by Gasteiger charge is 2.33. The average Bonchev–Trinajstić information content (AvgIpc) is 2.88. The number of hydrogen-bond acceptors (Lipinski definition) is 2. The molecule has 0 atom stereocenters. The van der Waals surface area contributed by atoms with Gasteiger partial charge in [-0.2, -0.15) is 13.2 Å². The number of rotatable bonds is 5. The van der Waals surface area contributed by atoms with Crippen molar-refractivity contribution in [2.75, 3.05) is 0 Å². The Kier molecular flexibility index (Phi) is 6.23. The maximum Gasteiger partial charge on any atom is 0.418 e. The van der Waals surface area contributed by atoms with E-state index in [1.165, 1.54) is 23.4 Å². The first-order chi connectivity index (χ1) is 17.3. The maximum atomic E-state index is 13.8. The van der Waals surface area contributed by atoms with Gasteiger partial charge < -0.3 is 4.74 Å². The highest BCUT2D eigenvalue weighted by molar-refractivity contribution is 6.03. The lowest BCUT2D eigenvalue weighted by Crippen LogP contribution is -2.07. The van der Waals surface area contributed by atoms with Crippen molar-refractivity contribution >= 4 is 10.9 Å². The number of nitrogens with zero attached hydrogens (tertiary/aromatic N) is 1. The molecule has 0 aliphatic rings. The topological polar surface area (TPSA) is 22.1 Å². The first-order valence-corrected chi connectivity index (χ1v) is 11.7. The number of alkyl halides is 3. The number of aromatic nitrogens is 1. The summed E-state index contributed by atoms with van der Waals surface area (Å²) in [6.45, 7) is 4.53. The van der Waals surface area contributed by atoms with Crippen molar-refractivity contribution in [1.29, 1.82) is 0 Å². The van der Waals surface area contributed by atoms with Crippen molar-refractivity contribution in [1.82, 2.24) is 4.98 Å². The van der Waals surface area contributed by atoms with Gasteiger partial charge in [0, 0.05) is 22.7 Å². The van der Waals surface area contributed by atoms with Gasteiger partial charge in [0.25, 0.3) is 0 Å². The Bertz CT molecular complexity index is 1540. The lowest BCUT2D eigenvalue weighted by molar-refractivity contribution is -0.136. The number of pyridine rings is 1. The van der Waals surface area contributed by atoms with Crippen LogP contribution in [0.1, 0.15) is 22.3 Å². The summed E-state index contributed by atoms with van der Waals surface area (Å²) in [7, 11) is 0. The summed E-state index contributed by atoms with van der Waals surface area (Å²) < 4.78 is 47.5. The van der Waals surface area contributed by atoms with E-state index in [0.717, 1.165) is 28.3 Å². The minimum atomic E-state index is -4.51. The molecule has 0 spiro atoms. The Labute approximate surface area is 208 Å². The zero-order valence-corrected chi connectivity index (χ0v) is 19.9. The van der Waals surface area contributed by atoms with Gasteiger partial charge in [0.15, 0.2) is 0 Å². The smallest absolute Gasteiger partial charge is 0.418 e. The molecule has 5 aromatic rings. The number of hydrogen-bond donors (Lipinski definition) is 0. The molecule has 1 heterocycles. The molecule has 0 aliphatic heterocycles. The minimum absolute atomic E-state index is 0.0682. The van der Waals surface area contributed by atoms with Crippen molar-refractivity contribution in [3.05, 3.63) is 119 Å². The molecule has 0 aliphatic carbocycles. The quantitative estimate of drug-likeness (QED) is 0.249. The zero-order chi connectivity index (χ0) is 25.3. The van der Waals surface area contributed by atoms with Crippen LogP contribution in [0.15, 0.2) is 97.2 Å². The number of ether oxygens (including phenoxy) is 1. The third-order valence-corrected chi connectivity index (χ3v) is 6.52. The maximum absolute atomic E-state index is 13.8. The molecular formula is C31H24F3NO. The van der Waals surface area contributed by atoms with E-state index in [4.69, 9.17) is 4.74 Å². The summed E-state index contributed by atoms with van der Waals surface area (Å²) in [6, 6.07) is 27.4. The van der Waals surface area contributed by atoms with E-state index >= 15 is 0 Å². The Hall–Kier alpha value is -4.12. The van der Waals surface area contributed by atoms with E-state index in [1.54, 1.807) is 6.07 Å². The van der Waals surface area contributed by atoms with Gasteiger partial charge in [0.05, 0.1) is 11.1 Å². The van der Waals surface area contributed by atoms with Crippen LogP contribution in [-0.4, -0.2) is 4.98 Å². The van der Waals surface area contributed by atoms with Gasteiger partial charge in [-0.25, -0.2) is 0 Å². The van der Waals surface area contributed by atoms with Crippen LogP contribution in [0.2, 0.25) is 0 Å². The van der Waals surface area contributed by atoms with Crippen LogP contribution < -0.4 is 4.74 Å². The van der Waals surface area contributed by atoms with Gasteiger partial charge in [-0.3, -0.25) is 4.98 Å². The van der Waals surface area contributed by atoms with E-state index in [0.29, 0.717) is 23.3 Å². The average molecular weight is 484 g/mol. The van der Waals surface area contributed by atoms with Gasteiger partial charge in [-0.1, -0.05) is 72.8 Å². The first kappa shape index (κ1) is 23.6. The SMILES string of the molecule is Cc1cccc(COc2cccc(-c3c(-c4ccccc4)cnc4c(C(F)(F)F)cccc34)c2)c1C. The van der Waals surface area contributed by atoms with Crippen molar-refractivity contribution in [3.63, 3.8) is 0 Å². The second kappa shape index (κ2) is 9.50. The Morgan fingerprint density at radius 3 is 2.28 bits per heavy atom. The zero-order valence-electron chi connectivity index (χ0n) is 19.9. The highest BCUT2D eigenvalue weighted by atomic mass is 19.4. The summed E-state index contributed by atoms with van der Waals surface area (Å²) in [5.74, 6) is 0.643. The van der Waals surface area contributed by atoms with Crippen LogP contribution in [0.25, 0.3) is 33.2 Å². The number of halogens is 3. The largest absolute Gasteiger partial charge is 0.489 e. The molecule has 0 unspecified atom stereocenters. The number of benzene rings is 4. The fourth-order valence-corrected chi connectivity index (χ4v) is 4.47. The van der Waals surface area contributed by atoms with Crippen molar-refractivity contribution in [2.24, 2.45) is 0 Å². The van der Waals surface area contributed by atoms with Gasteiger partial charge >= 0.3 is 6.18 Å². The minimum Gasteiger partial charge on any atom is -0.489 e. The second-order valence-corrected chi connectivity index (χ2v) is 8.79. The summed E-state index contributed by atoms with van der Waals surface area (Å²) in [6.07, 6.45) is -2.97. The third kappa shape index (κ3) is 4.57. The fourth-order valence-electron chi connectivity index (χ4n) is 4.47. The molecule has 5 rings (SSSR count). The van der Waals surface area contributed by atoms with Gasteiger partial charge in [0.2, 0.25) is 0 Å². The molecule has 0 radical (unpaired) electrons.